The summed E-state index contributed by atoms with van der Waals surface area (Å²) in [6, 6.07) is 0. The second-order valence-corrected chi connectivity index (χ2v) is 10.8. The third-order valence-corrected chi connectivity index (χ3v) is 8.82. The van der Waals surface area contributed by atoms with E-state index in [-0.39, 0.29) is 0 Å². The van der Waals surface area contributed by atoms with Crippen molar-refractivity contribution in [2.24, 2.45) is 35.0 Å². The van der Waals surface area contributed by atoms with E-state index in [1.165, 1.54) is 96.3 Å². The molecular weight excluding hydrogens is 336 g/mol. The van der Waals surface area contributed by atoms with Crippen LogP contribution >= 0.6 is 0 Å². The quantitative estimate of drug-likeness (QED) is 0.203. The van der Waals surface area contributed by atoms with E-state index in [0.717, 1.165) is 35.0 Å². The van der Waals surface area contributed by atoms with Gasteiger partial charge in [-0.05, 0) is 60.7 Å². The van der Waals surface area contributed by atoms with Gasteiger partial charge in [-0.1, -0.05) is 119 Å². The zero-order valence-corrected chi connectivity index (χ0v) is 21.0. The molecule has 1 rings (SSSR count). The Kier molecular flexibility index (Phi) is 13.1. The summed E-state index contributed by atoms with van der Waals surface area (Å²) in [6.45, 7) is 17.1. The third kappa shape index (κ3) is 8.79. The van der Waals surface area contributed by atoms with E-state index in [1.54, 1.807) is 0 Å². The highest BCUT2D eigenvalue weighted by molar-refractivity contribution is 4.96. The van der Waals surface area contributed by atoms with Crippen LogP contribution in [0.5, 0.6) is 0 Å². The van der Waals surface area contributed by atoms with Crippen molar-refractivity contribution in [3.8, 4) is 0 Å². The van der Waals surface area contributed by atoms with Gasteiger partial charge in [0.15, 0.2) is 0 Å². The lowest BCUT2D eigenvalue weighted by atomic mass is 9.76. The lowest BCUT2D eigenvalue weighted by Crippen LogP contribution is -2.20. The molecule has 5 unspecified atom stereocenters. The topological polar surface area (TPSA) is 0 Å². The molecule has 0 spiro atoms. The predicted molar refractivity (Wildman–Crippen MR) is 129 cm³/mol. The van der Waals surface area contributed by atoms with Gasteiger partial charge in [-0.15, -0.1) is 0 Å². The third-order valence-electron chi connectivity index (χ3n) is 8.82. The first-order chi connectivity index (χ1) is 13.4. The largest absolute Gasteiger partial charge is 0.0654 e. The van der Waals surface area contributed by atoms with Crippen LogP contribution in [0.3, 0.4) is 0 Å². The molecule has 0 bridgehead atoms. The van der Waals surface area contributed by atoms with Crippen LogP contribution < -0.4 is 0 Å². The van der Waals surface area contributed by atoms with E-state index in [4.69, 9.17) is 0 Å². The lowest BCUT2D eigenvalue weighted by molar-refractivity contribution is 0.204. The highest BCUT2D eigenvalue weighted by Gasteiger charge is 2.45. The number of hydrogen-bond donors (Lipinski definition) is 0. The number of hydrogen-bond acceptors (Lipinski definition) is 0. The van der Waals surface area contributed by atoms with Crippen LogP contribution in [0.25, 0.3) is 0 Å². The average Bonchev–Trinajstić information content (AvgIpc) is 3.49. The van der Waals surface area contributed by atoms with Gasteiger partial charge in [-0.2, -0.15) is 0 Å². The fourth-order valence-corrected chi connectivity index (χ4v) is 6.14. The van der Waals surface area contributed by atoms with Gasteiger partial charge in [0.05, 0.1) is 0 Å². The zero-order chi connectivity index (χ0) is 21.0. The fourth-order valence-electron chi connectivity index (χ4n) is 6.14. The molecule has 0 amide bonds. The number of unbranched alkanes of at least 4 members (excludes halogenated alkanes) is 4. The molecule has 0 aliphatic heterocycles. The molecule has 1 aliphatic carbocycles. The number of rotatable bonds is 18. The van der Waals surface area contributed by atoms with Crippen LogP contribution in [0.15, 0.2) is 0 Å². The van der Waals surface area contributed by atoms with Crippen molar-refractivity contribution in [1.29, 1.82) is 0 Å². The normalized spacial score (nSPS) is 21.1. The van der Waals surface area contributed by atoms with Crippen LogP contribution in [-0.2, 0) is 0 Å². The van der Waals surface area contributed by atoms with Crippen molar-refractivity contribution >= 4 is 0 Å². The van der Waals surface area contributed by atoms with Gasteiger partial charge in [-0.25, -0.2) is 0 Å². The summed E-state index contributed by atoms with van der Waals surface area (Å²) in [7, 11) is 0. The maximum atomic E-state index is 2.52. The smallest absolute Gasteiger partial charge is 0.0271 e. The van der Waals surface area contributed by atoms with Crippen molar-refractivity contribution in [2.45, 2.75) is 145 Å². The zero-order valence-electron chi connectivity index (χ0n) is 21.0. The van der Waals surface area contributed by atoms with Crippen molar-refractivity contribution in [3.63, 3.8) is 0 Å². The Labute approximate surface area is 180 Å². The molecule has 0 heteroatoms. The van der Waals surface area contributed by atoms with Crippen molar-refractivity contribution in [3.05, 3.63) is 0 Å². The van der Waals surface area contributed by atoms with Gasteiger partial charge in [0, 0.05) is 0 Å². The molecule has 0 saturated heterocycles. The molecule has 0 aromatic rings. The molecule has 0 heterocycles. The molecular formula is C28H56. The maximum absolute atomic E-state index is 2.52. The molecule has 1 fully saturated rings. The van der Waals surface area contributed by atoms with E-state index >= 15 is 0 Å². The summed E-state index contributed by atoms with van der Waals surface area (Å²) in [4.78, 5) is 0. The van der Waals surface area contributed by atoms with E-state index in [2.05, 4.69) is 48.5 Å². The summed E-state index contributed by atoms with van der Waals surface area (Å²) < 4.78 is 0. The summed E-state index contributed by atoms with van der Waals surface area (Å²) in [5.41, 5.74) is 0.783. The minimum Gasteiger partial charge on any atom is -0.0654 e. The Morgan fingerprint density at radius 2 is 1.32 bits per heavy atom. The van der Waals surface area contributed by atoms with Gasteiger partial charge in [0.1, 0.15) is 0 Å². The molecule has 0 aromatic carbocycles. The molecule has 0 radical (unpaired) electrons. The molecule has 0 nitrogen and oxygen atoms in total. The Bertz CT molecular complexity index is 366. The Morgan fingerprint density at radius 3 is 1.82 bits per heavy atom. The maximum Gasteiger partial charge on any atom is -0.0271 e. The highest BCUT2D eigenvalue weighted by atomic mass is 14.5. The highest BCUT2D eigenvalue weighted by Crippen LogP contribution is 2.57. The fraction of sp³-hybridized carbons (Fsp3) is 1.00. The SMILES string of the molecule is CCCC(C)C(C)C(CC)CC(C)CCCCCCCC(CC)C1(CC)CC1. The van der Waals surface area contributed by atoms with Crippen molar-refractivity contribution in [1.82, 2.24) is 0 Å². The van der Waals surface area contributed by atoms with Crippen molar-refractivity contribution < 1.29 is 0 Å². The van der Waals surface area contributed by atoms with Crippen LogP contribution in [0, 0.1) is 35.0 Å². The first-order valence-corrected chi connectivity index (χ1v) is 13.4. The first-order valence-electron chi connectivity index (χ1n) is 13.4. The molecule has 28 heavy (non-hydrogen) atoms. The summed E-state index contributed by atoms with van der Waals surface area (Å²) >= 11 is 0. The molecule has 0 aromatic heterocycles. The average molecular weight is 393 g/mol. The first kappa shape index (κ1) is 26.0. The molecule has 5 atom stereocenters. The minimum absolute atomic E-state index is 0.783. The molecule has 168 valence electrons. The minimum atomic E-state index is 0.783. The van der Waals surface area contributed by atoms with Crippen LogP contribution in [0.2, 0.25) is 0 Å². The second kappa shape index (κ2) is 14.1. The Morgan fingerprint density at radius 1 is 0.714 bits per heavy atom. The van der Waals surface area contributed by atoms with E-state index in [0.29, 0.717) is 0 Å². The van der Waals surface area contributed by atoms with Crippen LogP contribution in [-0.4, -0.2) is 0 Å². The standard InChI is InChI=1S/C28H56/c1-8-17-24(6)25(7)26(9-2)22-23(5)18-15-13-12-14-16-19-27(10-3)28(11-4)20-21-28/h23-27H,8-22H2,1-7H3. The van der Waals surface area contributed by atoms with Gasteiger partial charge >= 0.3 is 0 Å². The van der Waals surface area contributed by atoms with Gasteiger partial charge in [0.2, 0.25) is 0 Å². The molecule has 1 saturated carbocycles. The van der Waals surface area contributed by atoms with E-state index in [1.807, 2.05) is 0 Å². The predicted octanol–water partition coefficient (Wildman–Crippen LogP) is 10.1. The van der Waals surface area contributed by atoms with Gasteiger partial charge in [0.25, 0.3) is 0 Å². The summed E-state index contributed by atoms with van der Waals surface area (Å²) in [5.74, 6) is 4.69. The van der Waals surface area contributed by atoms with E-state index in [9.17, 15) is 0 Å². The monoisotopic (exact) mass is 392 g/mol. The molecule has 0 N–H and O–H groups in total. The lowest BCUT2D eigenvalue weighted by Gasteiger charge is -2.30. The van der Waals surface area contributed by atoms with Crippen LogP contribution in [0.4, 0.5) is 0 Å². The summed E-state index contributed by atoms with van der Waals surface area (Å²) in [5, 5.41) is 0. The van der Waals surface area contributed by atoms with Crippen molar-refractivity contribution in [2.75, 3.05) is 0 Å². The van der Waals surface area contributed by atoms with Gasteiger partial charge < -0.3 is 0 Å². The Balaban J connectivity index is 2.11. The molecule has 1 aliphatic rings. The second-order valence-electron chi connectivity index (χ2n) is 10.8. The Hall–Kier alpha value is 0. The van der Waals surface area contributed by atoms with Crippen LogP contribution in [0.1, 0.15) is 145 Å². The summed E-state index contributed by atoms with van der Waals surface area (Å²) in [6.07, 6.45) is 21.8. The van der Waals surface area contributed by atoms with Gasteiger partial charge in [-0.3, -0.25) is 0 Å². The van der Waals surface area contributed by atoms with E-state index < -0.39 is 0 Å².